The summed E-state index contributed by atoms with van der Waals surface area (Å²) in [5.74, 6) is -0.681. The van der Waals surface area contributed by atoms with E-state index in [1.165, 1.54) is 5.57 Å². The summed E-state index contributed by atoms with van der Waals surface area (Å²) in [7, 11) is 0. The van der Waals surface area contributed by atoms with Crippen LogP contribution in [0.3, 0.4) is 0 Å². The molecule has 0 aromatic heterocycles. The number of nitrogens with one attached hydrogen (secondary N) is 1. The molecular weight excluding hydrogens is 218 g/mol. The van der Waals surface area contributed by atoms with E-state index in [9.17, 15) is 9.59 Å². The Balaban J connectivity index is 2.09. The van der Waals surface area contributed by atoms with Gasteiger partial charge in [-0.3, -0.25) is 9.59 Å². The standard InChI is InChI=1S/C13H21NO3/c1-10-6-5-7-11(10)13(17)14-9-4-2-3-8-12(15)16/h2-9H2,1H3,(H,14,17)(H,15,16). The van der Waals surface area contributed by atoms with Gasteiger partial charge in [0.1, 0.15) is 0 Å². The Morgan fingerprint density at radius 2 is 2.00 bits per heavy atom. The van der Waals surface area contributed by atoms with Crippen molar-refractivity contribution in [1.29, 1.82) is 0 Å². The molecule has 1 rings (SSSR count). The van der Waals surface area contributed by atoms with Crippen LogP contribution < -0.4 is 5.32 Å². The molecule has 0 bridgehead atoms. The molecule has 1 aliphatic carbocycles. The first-order chi connectivity index (χ1) is 8.11. The zero-order chi connectivity index (χ0) is 12.7. The molecule has 0 atom stereocenters. The first-order valence-electron chi connectivity index (χ1n) is 6.30. The highest BCUT2D eigenvalue weighted by molar-refractivity contribution is 5.94. The molecule has 0 spiro atoms. The summed E-state index contributed by atoms with van der Waals surface area (Å²) in [6.07, 6.45) is 5.65. The van der Waals surface area contributed by atoms with Crippen LogP contribution in [0.2, 0.25) is 0 Å². The molecule has 2 N–H and O–H groups in total. The van der Waals surface area contributed by atoms with Crippen LogP contribution in [0.1, 0.15) is 51.9 Å². The lowest BCUT2D eigenvalue weighted by molar-refractivity contribution is -0.137. The Kier molecular flexibility index (Phi) is 5.73. The molecule has 0 aromatic carbocycles. The summed E-state index contributed by atoms with van der Waals surface area (Å²) >= 11 is 0. The van der Waals surface area contributed by atoms with Gasteiger partial charge < -0.3 is 10.4 Å². The average molecular weight is 239 g/mol. The maximum absolute atomic E-state index is 11.7. The van der Waals surface area contributed by atoms with E-state index < -0.39 is 5.97 Å². The van der Waals surface area contributed by atoms with Crippen molar-refractivity contribution >= 4 is 11.9 Å². The van der Waals surface area contributed by atoms with Crippen LogP contribution in [0.5, 0.6) is 0 Å². The zero-order valence-electron chi connectivity index (χ0n) is 10.4. The molecule has 0 fully saturated rings. The van der Waals surface area contributed by atoms with Crippen molar-refractivity contribution in [2.24, 2.45) is 0 Å². The summed E-state index contributed by atoms with van der Waals surface area (Å²) in [5, 5.41) is 11.4. The van der Waals surface area contributed by atoms with E-state index in [0.717, 1.165) is 37.7 Å². The highest BCUT2D eigenvalue weighted by atomic mass is 16.4. The smallest absolute Gasteiger partial charge is 0.303 e. The molecule has 0 heterocycles. The van der Waals surface area contributed by atoms with Gasteiger partial charge in [0.15, 0.2) is 0 Å². The van der Waals surface area contributed by atoms with Crippen molar-refractivity contribution in [3.8, 4) is 0 Å². The second-order valence-electron chi connectivity index (χ2n) is 4.57. The van der Waals surface area contributed by atoms with Gasteiger partial charge in [-0.25, -0.2) is 0 Å². The number of unbranched alkanes of at least 4 members (excludes halogenated alkanes) is 2. The number of carbonyl (C=O) groups is 2. The molecule has 0 saturated carbocycles. The highest BCUT2D eigenvalue weighted by Gasteiger charge is 2.16. The van der Waals surface area contributed by atoms with Crippen molar-refractivity contribution in [1.82, 2.24) is 5.32 Å². The Hall–Kier alpha value is -1.32. The molecule has 0 aliphatic heterocycles. The fraction of sp³-hybridized carbons (Fsp3) is 0.692. The second kappa shape index (κ2) is 7.09. The molecule has 1 amide bonds. The van der Waals surface area contributed by atoms with Crippen molar-refractivity contribution in [2.45, 2.75) is 51.9 Å². The van der Waals surface area contributed by atoms with Gasteiger partial charge in [0.2, 0.25) is 5.91 Å². The number of amides is 1. The van der Waals surface area contributed by atoms with Gasteiger partial charge >= 0.3 is 5.97 Å². The second-order valence-corrected chi connectivity index (χ2v) is 4.57. The van der Waals surface area contributed by atoms with E-state index in [1.54, 1.807) is 0 Å². The number of carboxylic acid groups (broad SMARTS) is 1. The third-order valence-corrected chi connectivity index (χ3v) is 3.12. The summed E-state index contributed by atoms with van der Waals surface area (Å²) in [5.41, 5.74) is 2.17. The SMILES string of the molecule is CC1=C(C(=O)NCCCCCC(=O)O)CCC1. The minimum Gasteiger partial charge on any atom is -0.481 e. The van der Waals surface area contributed by atoms with Crippen LogP contribution in [0.15, 0.2) is 11.1 Å². The molecule has 0 unspecified atom stereocenters. The summed E-state index contributed by atoms with van der Waals surface area (Å²) < 4.78 is 0. The number of carbonyl (C=O) groups excluding carboxylic acids is 1. The number of aliphatic carboxylic acids is 1. The van der Waals surface area contributed by atoms with Gasteiger partial charge in [-0.05, 0) is 39.0 Å². The monoisotopic (exact) mass is 239 g/mol. The van der Waals surface area contributed by atoms with Gasteiger partial charge in [-0.15, -0.1) is 0 Å². The summed E-state index contributed by atoms with van der Waals surface area (Å²) in [4.78, 5) is 22.0. The quantitative estimate of drug-likeness (QED) is 0.670. The van der Waals surface area contributed by atoms with E-state index >= 15 is 0 Å². The van der Waals surface area contributed by atoms with Gasteiger partial charge in [0.25, 0.3) is 0 Å². The van der Waals surface area contributed by atoms with Crippen LogP contribution in [0, 0.1) is 0 Å². The number of allylic oxidation sites excluding steroid dienone is 1. The molecule has 0 aromatic rings. The lowest BCUT2D eigenvalue weighted by Crippen LogP contribution is -2.25. The van der Waals surface area contributed by atoms with Crippen LogP contribution in [0.25, 0.3) is 0 Å². The van der Waals surface area contributed by atoms with Crippen LogP contribution in [-0.2, 0) is 9.59 Å². The number of hydrogen-bond donors (Lipinski definition) is 2. The topological polar surface area (TPSA) is 66.4 Å². The average Bonchev–Trinajstić information content (AvgIpc) is 2.69. The summed E-state index contributed by atoms with van der Waals surface area (Å²) in [6.45, 7) is 2.67. The third kappa shape index (κ3) is 5.02. The van der Waals surface area contributed by atoms with Gasteiger partial charge in [0, 0.05) is 18.5 Å². The fourth-order valence-electron chi connectivity index (χ4n) is 2.09. The predicted octanol–water partition coefficient (Wildman–Crippen LogP) is 2.25. The van der Waals surface area contributed by atoms with E-state index in [0.29, 0.717) is 13.0 Å². The Bertz CT molecular complexity index is 321. The largest absolute Gasteiger partial charge is 0.481 e. The number of carboxylic acids is 1. The lowest BCUT2D eigenvalue weighted by Gasteiger charge is -2.06. The predicted molar refractivity (Wildman–Crippen MR) is 65.7 cm³/mol. The van der Waals surface area contributed by atoms with E-state index in [1.807, 2.05) is 6.92 Å². The van der Waals surface area contributed by atoms with Gasteiger partial charge in [-0.2, -0.15) is 0 Å². The molecule has 1 aliphatic rings. The maximum Gasteiger partial charge on any atom is 0.303 e. The minimum atomic E-state index is -0.749. The Labute approximate surface area is 102 Å². The number of hydrogen-bond acceptors (Lipinski definition) is 2. The van der Waals surface area contributed by atoms with Gasteiger partial charge in [0.05, 0.1) is 0 Å². The number of rotatable bonds is 7. The molecule has 96 valence electrons. The lowest BCUT2D eigenvalue weighted by atomic mass is 10.1. The van der Waals surface area contributed by atoms with Crippen molar-refractivity contribution in [3.05, 3.63) is 11.1 Å². The van der Waals surface area contributed by atoms with E-state index in [4.69, 9.17) is 5.11 Å². The molecule has 0 saturated heterocycles. The third-order valence-electron chi connectivity index (χ3n) is 3.12. The minimum absolute atomic E-state index is 0.0678. The maximum atomic E-state index is 11.7. The van der Waals surface area contributed by atoms with Gasteiger partial charge in [-0.1, -0.05) is 12.0 Å². The normalized spacial score (nSPS) is 15.1. The molecule has 0 radical (unpaired) electrons. The van der Waals surface area contributed by atoms with Crippen LogP contribution >= 0.6 is 0 Å². The van der Waals surface area contributed by atoms with E-state index in [-0.39, 0.29) is 12.3 Å². The van der Waals surface area contributed by atoms with Crippen LogP contribution in [-0.4, -0.2) is 23.5 Å². The fourth-order valence-corrected chi connectivity index (χ4v) is 2.09. The highest BCUT2D eigenvalue weighted by Crippen LogP contribution is 2.25. The summed E-state index contributed by atoms with van der Waals surface area (Å²) in [6, 6.07) is 0. The van der Waals surface area contributed by atoms with E-state index in [2.05, 4.69) is 5.32 Å². The zero-order valence-corrected chi connectivity index (χ0v) is 10.4. The van der Waals surface area contributed by atoms with Crippen LogP contribution in [0.4, 0.5) is 0 Å². The first kappa shape index (κ1) is 13.7. The Morgan fingerprint density at radius 3 is 2.59 bits per heavy atom. The first-order valence-corrected chi connectivity index (χ1v) is 6.30. The van der Waals surface area contributed by atoms with Crippen molar-refractivity contribution in [3.63, 3.8) is 0 Å². The Morgan fingerprint density at radius 1 is 1.24 bits per heavy atom. The molecule has 4 nitrogen and oxygen atoms in total. The van der Waals surface area contributed by atoms with Crippen molar-refractivity contribution in [2.75, 3.05) is 6.54 Å². The molecular formula is C13H21NO3. The molecule has 4 heteroatoms. The van der Waals surface area contributed by atoms with Crippen molar-refractivity contribution < 1.29 is 14.7 Å². The molecule has 17 heavy (non-hydrogen) atoms.